The smallest absolute Gasteiger partial charge is 0.0578 e. The van der Waals surface area contributed by atoms with Gasteiger partial charge < -0.3 is 4.90 Å². The normalized spacial score (nSPS) is 43.7. The van der Waals surface area contributed by atoms with Crippen molar-refractivity contribution in [2.75, 3.05) is 6.54 Å². The lowest BCUT2D eigenvalue weighted by Crippen LogP contribution is -2.17. The standard InChI is InChI=1S/C13H23N/c1-9-5-10(2)7-12(4)14-8-13(14)11(3)6-9/h9-10,12H,5-8H2,1-4H3/b13-11+. The number of rotatable bonds is 0. The third-order valence-electron chi connectivity index (χ3n) is 3.79. The fraction of sp³-hybridized carbons (Fsp3) is 0.846. The van der Waals surface area contributed by atoms with Gasteiger partial charge in [-0.1, -0.05) is 19.4 Å². The van der Waals surface area contributed by atoms with Crippen molar-refractivity contribution >= 4 is 0 Å². The van der Waals surface area contributed by atoms with E-state index in [1.54, 1.807) is 11.3 Å². The second-order valence-electron chi connectivity index (χ2n) is 5.59. The van der Waals surface area contributed by atoms with Crippen molar-refractivity contribution in [3.63, 3.8) is 0 Å². The summed E-state index contributed by atoms with van der Waals surface area (Å²) < 4.78 is 0. The van der Waals surface area contributed by atoms with Gasteiger partial charge in [-0.05, 0) is 44.9 Å². The van der Waals surface area contributed by atoms with Crippen LogP contribution in [0.3, 0.4) is 0 Å². The van der Waals surface area contributed by atoms with Gasteiger partial charge in [0.2, 0.25) is 0 Å². The van der Waals surface area contributed by atoms with E-state index in [1.807, 2.05) is 0 Å². The average Bonchev–Trinajstić information content (AvgIpc) is 2.79. The van der Waals surface area contributed by atoms with E-state index >= 15 is 0 Å². The van der Waals surface area contributed by atoms with Gasteiger partial charge in [-0.3, -0.25) is 0 Å². The van der Waals surface area contributed by atoms with E-state index in [0.29, 0.717) is 0 Å². The highest BCUT2D eigenvalue weighted by Crippen LogP contribution is 2.37. The molecule has 0 aromatic heterocycles. The maximum Gasteiger partial charge on any atom is 0.0578 e. The molecule has 2 aliphatic rings. The first-order valence-electron chi connectivity index (χ1n) is 6.03. The Morgan fingerprint density at radius 3 is 2.50 bits per heavy atom. The van der Waals surface area contributed by atoms with Gasteiger partial charge in [-0.25, -0.2) is 0 Å². The van der Waals surface area contributed by atoms with Crippen LogP contribution in [0.1, 0.15) is 47.0 Å². The molecular weight excluding hydrogens is 170 g/mol. The van der Waals surface area contributed by atoms with E-state index in [0.717, 1.165) is 17.9 Å². The number of fused-ring (bicyclic) bond motifs is 1. The Hall–Kier alpha value is -0.460. The molecule has 2 aliphatic heterocycles. The minimum atomic E-state index is 0.778. The highest BCUT2D eigenvalue weighted by atomic mass is 15.3. The molecule has 0 saturated carbocycles. The Balaban J connectivity index is 2.12. The van der Waals surface area contributed by atoms with Gasteiger partial charge in [0, 0.05) is 11.7 Å². The lowest BCUT2D eigenvalue weighted by molar-refractivity contribution is 0.322. The Bertz CT molecular complexity index is 254. The highest BCUT2D eigenvalue weighted by Gasteiger charge is 2.34. The monoisotopic (exact) mass is 193 g/mol. The molecule has 0 N–H and O–H groups in total. The molecule has 0 bridgehead atoms. The van der Waals surface area contributed by atoms with Crippen molar-refractivity contribution in [3.8, 4) is 0 Å². The summed E-state index contributed by atoms with van der Waals surface area (Å²) in [6.45, 7) is 10.8. The van der Waals surface area contributed by atoms with Crippen LogP contribution in [0.2, 0.25) is 0 Å². The summed E-state index contributed by atoms with van der Waals surface area (Å²) in [5.41, 5.74) is 3.30. The zero-order chi connectivity index (χ0) is 10.3. The summed E-state index contributed by atoms with van der Waals surface area (Å²) in [6, 6.07) is 0.778. The van der Waals surface area contributed by atoms with E-state index in [4.69, 9.17) is 0 Å². The number of nitrogens with zero attached hydrogens (tertiary/aromatic N) is 1. The van der Waals surface area contributed by atoms with Crippen LogP contribution in [0.15, 0.2) is 11.3 Å². The maximum atomic E-state index is 2.59. The van der Waals surface area contributed by atoms with Crippen molar-refractivity contribution in [1.29, 1.82) is 0 Å². The van der Waals surface area contributed by atoms with Crippen molar-refractivity contribution in [2.45, 2.75) is 53.0 Å². The van der Waals surface area contributed by atoms with Crippen LogP contribution >= 0.6 is 0 Å². The molecule has 1 saturated heterocycles. The number of hydrogen-bond acceptors (Lipinski definition) is 1. The molecule has 3 unspecified atom stereocenters. The van der Waals surface area contributed by atoms with Crippen LogP contribution in [0, 0.1) is 11.8 Å². The molecule has 0 aliphatic carbocycles. The summed E-state index contributed by atoms with van der Waals surface area (Å²) in [7, 11) is 0. The Morgan fingerprint density at radius 1 is 1.07 bits per heavy atom. The molecular formula is C13H23N. The van der Waals surface area contributed by atoms with Gasteiger partial charge in [0.05, 0.1) is 6.54 Å². The first-order valence-corrected chi connectivity index (χ1v) is 6.03. The van der Waals surface area contributed by atoms with Gasteiger partial charge in [0.1, 0.15) is 0 Å². The third-order valence-corrected chi connectivity index (χ3v) is 3.79. The molecule has 14 heavy (non-hydrogen) atoms. The summed E-state index contributed by atoms with van der Waals surface area (Å²) in [5, 5.41) is 0. The molecule has 1 heteroatoms. The van der Waals surface area contributed by atoms with Crippen LogP contribution in [-0.4, -0.2) is 17.5 Å². The molecule has 0 amide bonds. The molecule has 2 heterocycles. The molecule has 0 aromatic carbocycles. The van der Waals surface area contributed by atoms with E-state index in [2.05, 4.69) is 32.6 Å². The summed E-state index contributed by atoms with van der Waals surface area (Å²) >= 11 is 0. The first-order chi connectivity index (χ1) is 6.58. The third kappa shape index (κ3) is 1.97. The zero-order valence-corrected chi connectivity index (χ0v) is 10.0. The molecule has 0 aromatic rings. The summed E-state index contributed by atoms with van der Waals surface area (Å²) in [5.74, 6) is 1.78. The maximum absolute atomic E-state index is 2.59. The largest absolute Gasteiger partial charge is 0.365 e. The summed E-state index contributed by atoms with van der Waals surface area (Å²) in [6.07, 6.45) is 4.10. The van der Waals surface area contributed by atoms with E-state index in [-0.39, 0.29) is 0 Å². The second kappa shape index (κ2) is 3.60. The minimum absolute atomic E-state index is 0.778. The lowest BCUT2D eigenvalue weighted by Gasteiger charge is -2.19. The first kappa shape index (κ1) is 10.1. The number of allylic oxidation sites excluding steroid dienone is 1. The van der Waals surface area contributed by atoms with Crippen molar-refractivity contribution < 1.29 is 0 Å². The van der Waals surface area contributed by atoms with Gasteiger partial charge in [0.25, 0.3) is 0 Å². The predicted molar refractivity (Wildman–Crippen MR) is 61.0 cm³/mol. The van der Waals surface area contributed by atoms with E-state index in [1.165, 1.54) is 25.8 Å². The van der Waals surface area contributed by atoms with Crippen LogP contribution in [0.5, 0.6) is 0 Å². The van der Waals surface area contributed by atoms with Crippen LogP contribution in [0.4, 0.5) is 0 Å². The fourth-order valence-corrected chi connectivity index (χ4v) is 3.14. The Kier molecular flexibility index (Phi) is 2.59. The van der Waals surface area contributed by atoms with Crippen LogP contribution in [0.25, 0.3) is 0 Å². The topological polar surface area (TPSA) is 3.01 Å². The summed E-state index contributed by atoms with van der Waals surface area (Å²) in [4.78, 5) is 2.59. The molecule has 0 radical (unpaired) electrons. The highest BCUT2D eigenvalue weighted by molar-refractivity contribution is 5.26. The molecule has 2 rings (SSSR count). The van der Waals surface area contributed by atoms with Gasteiger partial charge >= 0.3 is 0 Å². The number of hydrogen-bond donors (Lipinski definition) is 0. The van der Waals surface area contributed by atoms with Crippen molar-refractivity contribution in [1.82, 2.24) is 4.90 Å². The SMILES string of the molecule is C/C1=C2/CN2C(C)CC(C)CC(C)C1. The molecule has 3 atom stereocenters. The van der Waals surface area contributed by atoms with Gasteiger partial charge in [-0.15, -0.1) is 0 Å². The Labute approximate surface area is 88.2 Å². The average molecular weight is 193 g/mol. The molecule has 0 spiro atoms. The van der Waals surface area contributed by atoms with E-state index < -0.39 is 0 Å². The second-order valence-corrected chi connectivity index (χ2v) is 5.59. The van der Waals surface area contributed by atoms with Gasteiger partial charge in [-0.2, -0.15) is 0 Å². The predicted octanol–water partition coefficient (Wildman–Crippen LogP) is 3.42. The van der Waals surface area contributed by atoms with Crippen molar-refractivity contribution in [2.24, 2.45) is 11.8 Å². The minimum Gasteiger partial charge on any atom is -0.365 e. The van der Waals surface area contributed by atoms with Crippen LogP contribution < -0.4 is 0 Å². The lowest BCUT2D eigenvalue weighted by atomic mass is 9.89. The Morgan fingerprint density at radius 2 is 1.79 bits per heavy atom. The van der Waals surface area contributed by atoms with Crippen LogP contribution in [-0.2, 0) is 0 Å². The quantitative estimate of drug-likeness (QED) is 0.533. The van der Waals surface area contributed by atoms with E-state index in [9.17, 15) is 0 Å². The zero-order valence-electron chi connectivity index (χ0n) is 10.0. The van der Waals surface area contributed by atoms with Crippen molar-refractivity contribution in [3.05, 3.63) is 11.3 Å². The molecule has 80 valence electrons. The molecule has 1 fully saturated rings. The van der Waals surface area contributed by atoms with Gasteiger partial charge in [0.15, 0.2) is 0 Å². The molecule has 1 nitrogen and oxygen atoms in total. The fourth-order valence-electron chi connectivity index (χ4n) is 3.14.